The molecule has 14 heavy (non-hydrogen) atoms. The molecule has 78 valence electrons. The second kappa shape index (κ2) is 7.47. The predicted molar refractivity (Wildman–Crippen MR) is 59.1 cm³/mol. The molecule has 0 amide bonds. The number of nitrogens with zero attached hydrogens (tertiary/aromatic N) is 1. The summed E-state index contributed by atoms with van der Waals surface area (Å²) in [6.45, 7) is 6.16. The van der Waals surface area contributed by atoms with Crippen LogP contribution in [0.3, 0.4) is 0 Å². The molecule has 0 aliphatic rings. The van der Waals surface area contributed by atoms with Crippen LogP contribution in [0.25, 0.3) is 0 Å². The first kappa shape index (κ1) is 11.1. The zero-order valence-corrected chi connectivity index (χ0v) is 8.79. The molecule has 1 heterocycles. The van der Waals surface area contributed by atoms with Crippen LogP contribution in [0.1, 0.15) is 19.0 Å². The molecule has 3 heteroatoms. The van der Waals surface area contributed by atoms with Crippen LogP contribution in [0.4, 0.5) is 0 Å². The molecule has 1 aromatic heterocycles. The Morgan fingerprint density at radius 3 is 2.71 bits per heavy atom. The Hall–Kier alpha value is -0.930. The van der Waals surface area contributed by atoms with Gasteiger partial charge in [0.25, 0.3) is 0 Å². The van der Waals surface area contributed by atoms with E-state index in [1.54, 1.807) is 0 Å². The molecule has 3 nitrogen and oxygen atoms in total. The van der Waals surface area contributed by atoms with Gasteiger partial charge in [0, 0.05) is 25.8 Å². The fourth-order valence-electron chi connectivity index (χ4n) is 1.20. The van der Waals surface area contributed by atoms with Crippen LogP contribution < -0.4 is 10.6 Å². The minimum atomic E-state index is 0.856. The van der Waals surface area contributed by atoms with Crippen LogP contribution in [0, 0.1) is 0 Å². The first-order valence-corrected chi connectivity index (χ1v) is 5.25. The van der Waals surface area contributed by atoms with Gasteiger partial charge in [-0.2, -0.15) is 0 Å². The molecule has 0 bridgehead atoms. The second-order valence-electron chi connectivity index (χ2n) is 3.25. The van der Waals surface area contributed by atoms with Crippen molar-refractivity contribution in [3.8, 4) is 0 Å². The summed E-state index contributed by atoms with van der Waals surface area (Å²) in [7, 11) is 0. The van der Waals surface area contributed by atoms with Gasteiger partial charge in [-0.25, -0.2) is 0 Å². The highest BCUT2D eigenvalue weighted by atomic mass is 14.9. The zero-order chi connectivity index (χ0) is 10.1. The Labute approximate surface area is 85.9 Å². The molecule has 0 radical (unpaired) electrons. The van der Waals surface area contributed by atoms with Crippen molar-refractivity contribution < 1.29 is 0 Å². The maximum Gasteiger partial charge on any atom is 0.0541 e. The van der Waals surface area contributed by atoms with Crippen LogP contribution >= 0.6 is 0 Å². The predicted octanol–water partition coefficient (Wildman–Crippen LogP) is 1.17. The van der Waals surface area contributed by atoms with Crippen molar-refractivity contribution in [2.75, 3.05) is 19.6 Å². The van der Waals surface area contributed by atoms with Crippen molar-refractivity contribution in [2.24, 2.45) is 0 Å². The lowest BCUT2D eigenvalue weighted by molar-refractivity contribution is 0.602. The van der Waals surface area contributed by atoms with Crippen molar-refractivity contribution in [3.63, 3.8) is 0 Å². The number of nitrogens with one attached hydrogen (secondary N) is 2. The van der Waals surface area contributed by atoms with Crippen LogP contribution in [-0.2, 0) is 6.54 Å². The van der Waals surface area contributed by atoms with E-state index in [9.17, 15) is 0 Å². The number of rotatable bonds is 7. The molecular formula is C11H19N3. The normalized spacial score (nSPS) is 10.4. The lowest BCUT2D eigenvalue weighted by atomic mass is 10.3. The van der Waals surface area contributed by atoms with Crippen LogP contribution in [0.15, 0.2) is 24.4 Å². The second-order valence-corrected chi connectivity index (χ2v) is 3.25. The largest absolute Gasteiger partial charge is 0.315 e. The minimum Gasteiger partial charge on any atom is -0.315 e. The third-order valence-electron chi connectivity index (χ3n) is 1.94. The molecule has 0 fully saturated rings. The van der Waals surface area contributed by atoms with Gasteiger partial charge in [0.05, 0.1) is 5.69 Å². The summed E-state index contributed by atoms with van der Waals surface area (Å²) < 4.78 is 0. The van der Waals surface area contributed by atoms with Crippen LogP contribution in [0.2, 0.25) is 0 Å². The number of hydrogen-bond donors (Lipinski definition) is 2. The quantitative estimate of drug-likeness (QED) is 0.638. The molecule has 0 spiro atoms. The van der Waals surface area contributed by atoms with E-state index >= 15 is 0 Å². The van der Waals surface area contributed by atoms with E-state index in [2.05, 4.69) is 22.5 Å². The highest BCUT2D eigenvalue weighted by molar-refractivity contribution is 5.02. The van der Waals surface area contributed by atoms with Gasteiger partial charge < -0.3 is 10.6 Å². The highest BCUT2D eigenvalue weighted by Gasteiger charge is 1.91. The number of hydrogen-bond acceptors (Lipinski definition) is 3. The highest BCUT2D eigenvalue weighted by Crippen LogP contribution is 1.90. The summed E-state index contributed by atoms with van der Waals surface area (Å²) in [6.07, 6.45) is 3.02. The summed E-state index contributed by atoms with van der Waals surface area (Å²) >= 11 is 0. The monoisotopic (exact) mass is 193 g/mol. The maximum atomic E-state index is 4.23. The number of aromatic nitrogens is 1. The lowest BCUT2D eigenvalue weighted by Gasteiger charge is -2.04. The SMILES string of the molecule is CCCNCCNCc1ccccn1. The van der Waals surface area contributed by atoms with Gasteiger partial charge >= 0.3 is 0 Å². The Kier molecular flexibility index (Phi) is 5.95. The number of pyridine rings is 1. The van der Waals surface area contributed by atoms with E-state index in [-0.39, 0.29) is 0 Å². The van der Waals surface area contributed by atoms with Gasteiger partial charge in [-0.1, -0.05) is 13.0 Å². The van der Waals surface area contributed by atoms with Gasteiger partial charge in [-0.15, -0.1) is 0 Å². The van der Waals surface area contributed by atoms with Crippen molar-refractivity contribution in [1.82, 2.24) is 15.6 Å². The maximum absolute atomic E-state index is 4.23. The summed E-state index contributed by atoms with van der Waals surface area (Å²) in [5.41, 5.74) is 1.10. The molecule has 0 aromatic carbocycles. The molecule has 1 rings (SSSR count). The summed E-state index contributed by atoms with van der Waals surface area (Å²) in [4.78, 5) is 4.23. The van der Waals surface area contributed by atoms with E-state index < -0.39 is 0 Å². The smallest absolute Gasteiger partial charge is 0.0541 e. The van der Waals surface area contributed by atoms with Crippen molar-refractivity contribution in [3.05, 3.63) is 30.1 Å². The molecule has 0 unspecified atom stereocenters. The lowest BCUT2D eigenvalue weighted by Crippen LogP contribution is -2.27. The van der Waals surface area contributed by atoms with Crippen LogP contribution in [0.5, 0.6) is 0 Å². The Balaban J connectivity index is 1.99. The third kappa shape index (κ3) is 4.94. The van der Waals surface area contributed by atoms with E-state index in [1.807, 2.05) is 24.4 Å². The first-order valence-electron chi connectivity index (χ1n) is 5.25. The van der Waals surface area contributed by atoms with Crippen molar-refractivity contribution >= 4 is 0 Å². The Morgan fingerprint density at radius 1 is 1.14 bits per heavy atom. The standard InChI is InChI=1S/C11H19N3/c1-2-6-12-8-9-13-10-11-5-3-4-7-14-11/h3-5,7,12-13H,2,6,8-10H2,1H3. The summed E-state index contributed by atoms with van der Waals surface area (Å²) in [6, 6.07) is 5.98. The van der Waals surface area contributed by atoms with E-state index in [4.69, 9.17) is 0 Å². The fraction of sp³-hybridized carbons (Fsp3) is 0.545. The van der Waals surface area contributed by atoms with E-state index in [0.29, 0.717) is 0 Å². The summed E-state index contributed by atoms with van der Waals surface area (Å²) in [5.74, 6) is 0. The third-order valence-corrected chi connectivity index (χ3v) is 1.94. The Bertz CT molecular complexity index is 223. The zero-order valence-electron chi connectivity index (χ0n) is 8.79. The molecule has 0 atom stereocenters. The van der Waals surface area contributed by atoms with Crippen molar-refractivity contribution in [2.45, 2.75) is 19.9 Å². The van der Waals surface area contributed by atoms with Gasteiger partial charge in [0.15, 0.2) is 0 Å². The summed E-state index contributed by atoms with van der Waals surface area (Å²) in [5, 5.41) is 6.67. The molecule has 0 aliphatic carbocycles. The van der Waals surface area contributed by atoms with Gasteiger partial charge in [0.1, 0.15) is 0 Å². The molecule has 0 aliphatic heterocycles. The Morgan fingerprint density at radius 2 is 2.00 bits per heavy atom. The fourth-order valence-corrected chi connectivity index (χ4v) is 1.20. The van der Waals surface area contributed by atoms with Crippen molar-refractivity contribution in [1.29, 1.82) is 0 Å². The average molecular weight is 193 g/mol. The van der Waals surface area contributed by atoms with Gasteiger partial charge in [0.2, 0.25) is 0 Å². The molecule has 0 saturated heterocycles. The average Bonchev–Trinajstić information content (AvgIpc) is 2.25. The molecular weight excluding hydrogens is 174 g/mol. The van der Waals surface area contributed by atoms with Gasteiger partial charge in [-0.3, -0.25) is 4.98 Å². The molecule has 0 saturated carbocycles. The minimum absolute atomic E-state index is 0.856. The molecule has 1 aromatic rings. The van der Waals surface area contributed by atoms with E-state index in [0.717, 1.165) is 31.9 Å². The van der Waals surface area contributed by atoms with Crippen LogP contribution in [-0.4, -0.2) is 24.6 Å². The van der Waals surface area contributed by atoms with Gasteiger partial charge in [-0.05, 0) is 25.1 Å². The molecule has 2 N–H and O–H groups in total. The first-order chi connectivity index (χ1) is 6.93. The van der Waals surface area contributed by atoms with E-state index in [1.165, 1.54) is 6.42 Å². The topological polar surface area (TPSA) is 37.0 Å².